The Hall–Kier alpha value is -3.81. The molecule has 8 nitrogen and oxygen atoms in total. The Labute approximate surface area is 160 Å². The number of esters is 1. The number of fused-ring (bicyclic) bond motifs is 3. The van der Waals surface area contributed by atoms with Gasteiger partial charge in [-0.3, -0.25) is 0 Å². The van der Waals surface area contributed by atoms with Crippen molar-refractivity contribution in [3.05, 3.63) is 59.2 Å². The minimum atomic E-state index is -0.342. The van der Waals surface area contributed by atoms with Crippen molar-refractivity contribution in [1.82, 2.24) is 20.2 Å². The molecule has 0 saturated carbocycles. The van der Waals surface area contributed by atoms with E-state index >= 15 is 0 Å². The van der Waals surface area contributed by atoms with E-state index in [-0.39, 0.29) is 11.9 Å². The number of hydrazone groups is 1. The van der Waals surface area contributed by atoms with Crippen molar-refractivity contribution in [3.63, 3.8) is 0 Å². The average Bonchev–Trinajstić information content (AvgIpc) is 3.05. The van der Waals surface area contributed by atoms with E-state index < -0.39 is 0 Å². The monoisotopic (exact) mass is 374 g/mol. The number of anilines is 1. The van der Waals surface area contributed by atoms with Crippen LogP contribution in [-0.4, -0.2) is 39.0 Å². The highest BCUT2D eigenvalue weighted by Gasteiger charge is 2.09. The van der Waals surface area contributed by atoms with Crippen LogP contribution < -0.4 is 5.43 Å². The minimum absolute atomic E-state index is 0.287. The number of aromatic nitrogens is 4. The molecule has 0 fully saturated rings. The van der Waals surface area contributed by atoms with E-state index in [0.29, 0.717) is 17.8 Å². The highest BCUT2D eigenvalue weighted by atomic mass is 16.5. The molecule has 0 atom stereocenters. The average molecular weight is 374 g/mol. The predicted molar refractivity (Wildman–Crippen MR) is 108 cm³/mol. The Kier molecular flexibility index (Phi) is 4.67. The molecule has 28 heavy (non-hydrogen) atoms. The van der Waals surface area contributed by atoms with Crippen LogP contribution in [0.2, 0.25) is 0 Å². The zero-order chi connectivity index (χ0) is 19.5. The number of nitrogens with one attached hydrogen (secondary N) is 2. The van der Waals surface area contributed by atoms with Gasteiger partial charge in [0.25, 0.3) is 5.95 Å². The summed E-state index contributed by atoms with van der Waals surface area (Å²) in [7, 11) is 0. The summed E-state index contributed by atoms with van der Waals surface area (Å²) in [6.07, 6.45) is 1.61. The van der Waals surface area contributed by atoms with Crippen molar-refractivity contribution < 1.29 is 9.53 Å². The van der Waals surface area contributed by atoms with Crippen LogP contribution in [0, 0.1) is 6.92 Å². The van der Waals surface area contributed by atoms with E-state index in [4.69, 9.17) is 4.74 Å². The lowest BCUT2D eigenvalue weighted by molar-refractivity contribution is 0.0526. The van der Waals surface area contributed by atoms with Gasteiger partial charge in [-0.05, 0) is 43.7 Å². The fourth-order valence-corrected chi connectivity index (χ4v) is 2.82. The number of rotatable bonds is 5. The van der Waals surface area contributed by atoms with Crippen molar-refractivity contribution in [3.8, 4) is 0 Å². The zero-order valence-corrected chi connectivity index (χ0v) is 15.4. The molecule has 4 aromatic rings. The predicted octanol–water partition coefficient (Wildman–Crippen LogP) is 3.44. The van der Waals surface area contributed by atoms with Gasteiger partial charge in [0.05, 0.1) is 18.4 Å². The maximum Gasteiger partial charge on any atom is 0.338 e. The molecule has 0 bridgehead atoms. The lowest BCUT2D eigenvalue weighted by atomic mass is 10.1. The van der Waals surface area contributed by atoms with E-state index in [1.807, 2.05) is 19.1 Å². The SMILES string of the molecule is CCOC(=O)c1ccc(/C=N/Nc2nnc3c(n2)[nH]c2ccc(C)cc23)cc1. The Morgan fingerprint density at radius 3 is 2.82 bits per heavy atom. The molecule has 0 amide bonds. The van der Waals surface area contributed by atoms with E-state index in [2.05, 4.69) is 36.8 Å². The van der Waals surface area contributed by atoms with Gasteiger partial charge >= 0.3 is 5.97 Å². The molecule has 0 spiro atoms. The molecular formula is C20H18N6O2. The summed E-state index contributed by atoms with van der Waals surface area (Å²) >= 11 is 0. The largest absolute Gasteiger partial charge is 0.462 e. The van der Waals surface area contributed by atoms with Crippen LogP contribution >= 0.6 is 0 Å². The number of hydrogen-bond donors (Lipinski definition) is 2. The van der Waals surface area contributed by atoms with Crippen LogP contribution in [0.15, 0.2) is 47.6 Å². The fourth-order valence-electron chi connectivity index (χ4n) is 2.82. The molecule has 0 unspecified atom stereocenters. The molecule has 4 rings (SSSR count). The summed E-state index contributed by atoms with van der Waals surface area (Å²) in [6, 6.07) is 13.0. The first-order chi connectivity index (χ1) is 13.6. The van der Waals surface area contributed by atoms with E-state index in [9.17, 15) is 4.79 Å². The minimum Gasteiger partial charge on any atom is -0.462 e. The zero-order valence-electron chi connectivity index (χ0n) is 15.4. The summed E-state index contributed by atoms with van der Waals surface area (Å²) < 4.78 is 4.96. The molecule has 0 saturated heterocycles. The van der Waals surface area contributed by atoms with Crippen molar-refractivity contribution >= 4 is 40.2 Å². The number of carbonyl (C=O) groups excluding carboxylic acids is 1. The third-order valence-corrected chi connectivity index (χ3v) is 4.17. The molecule has 8 heteroatoms. The van der Waals surface area contributed by atoms with Crippen molar-refractivity contribution in [2.24, 2.45) is 5.10 Å². The third kappa shape index (κ3) is 3.52. The normalized spacial score (nSPS) is 11.4. The second-order valence-electron chi connectivity index (χ2n) is 6.22. The topological polar surface area (TPSA) is 105 Å². The Balaban J connectivity index is 1.49. The second-order valence-corrected chi connectivity index (χ2v) is 6.22. The fraction of sp³-hybridized carbons (Fsp3) is 0.150. The van der Waals surface area contributed by atoms with Gasteiger partial charge in [-0.15, -0.1) is 10.2 Å². The number of benzene rings is 2. The van der Waals surface area contributed by atoms with E-state index in [1.54, 1.807) is 37.4 Å². The number of nitrogens with zero attached hydrogens (tertiary/aromatic N) is 4. The standard InChI is InChI=1S/C20H18N6O2/c1-3-28-19(27)14-7-5-13(6-8-14)11-21-25-20-23-18-17(24-26-20)15-10-12(2)4-9-16(15)22-18/h4-11H,3H2,1-2H3,(H2,22,23,25,26)/b21-11+. The lowest BCUT2D eigenvalue weighted by Crippen LogP contribution is -2.04. The van der Waals surface area contributed by atoms with E-state index in [0.717, 1.165) is 27.5 Å². The Morgan fingerprint density at radius 2 is 2.04 bits per heavy atom. The summed E-state index contributed by atoms with van der Waals surface area (Å²) in [5.41, 5.74) is 7.57. The van der Waals surface area contributed by atoms with Gasteiger partial charge in [-0.25, -0.2) is 10.2 Å². The van der Waals surface area contributed by atoms with Gasteiger partial charge in [-0.2, -0.15) is 10.1 Å². The van der Waals surface area contributed by atoms with Crippen LogP contribution in [0.3, 0.4) is 0 Å². The van der Waals surface area contributed by atoms with Crippen molar-refractivity contribution in [1.29, 1.82) is 0 Å². The summed E-state index contributed by atoms with van der Waals surface area (Å²) in [6.45, 7) is 4.15. The molecule has 2 heterocycles. The molecule has 2 aromatic carbocycles. The molecule has 2 N–H and O–H groups in total. The van der Waals surface area contributed by atoms with Crippen molar-refractivity contribution in [2.45, 2.75) is 13.8 Å². The van der Waals surface area contributed by atoms with Gasteiger partial charge in [0.15, 0.2) is 5.65 Å². The maximum atomic E-state index is 11.7. The van der Waals surface area contributed by atoms with Crippen LogP contribution in [0.1, 0.15) is 28.4 Å². The summed E-state index contributed by atoms with van der Waals surface area (Å²) in [5, 5.41) is 13.5. The molecule has 140 valence electrons. The number of ether oxygens (including phenoxy) is 1. The summed E-state index contributed by atoms with van der Waals surface area (Å²) in [4.78, 5) is 19.3. The molecule has 0 aliphatic rings. The third-order valence-electron chi connectivity index (χ3n) is 4.17. The highest BCUT2D eigenvalue weighted by molar-refractivity contribution is 6.03. The number of aryl methyl sites for hydroxylation is 1. The number of aromatic amines is 1. The first-order valence-corrected chi connectivity index (χ1v) is 8.83. The first kappa shape index (κ1) is 17.6. The molecular weight excluding hydrogens is 356 g/mol. The van der Waals surface area contributed by atoms with E-state index in [1.165, 1.54) is 0 Å². The molecule has 0 aliphatic carbocycles. The molecule has 2 aromatic heterocycles. The van der Waals surface area contributed by atoms with Crippen LogP contribution in [0.4, 0.5) is 5.95 Å². The smallest absolute Gasteiger partial charge is 0.338 e. The van der Waals surface area contributed by atoms with Gasteiger partial charge in [0.1, 0.15) is 5.52 Å². The first-order valence-electron chi connectivity index (χ1n) is 8.83. The maximum absolute atomic E-state index is 11.7. The van der Waals surface area contributed by atoms with Crippen LogP contribution in [-0.2, 0) is 4.74 Å². The Morgan fingerprint density at radius 1 is 1.21 bits per heavy atom. The molecule has 0 aliphatic heterocycles. The second kappa shape index (κ2) is 7.43. The number of carbonyl (C=O) groups is 1. The van der Waals surface area contributed by atoms with Crippen molar-refractivity contribution in [2.75, 3.05) is 12.0 Å². The van der Waals surface area contributed by atoms with Crippen LogP contribution in [0.5, 0.6) is 0 Å². The summed E-state index contributed by atoms with van der Waals surface area (Å²) in [5.74, 6) is -0.0550. The van der Waals surface area contributed by atoms with Gasteiger partial charge in [0, 0.05) is 10.9 Å². The quantitative estimate of drug-likeness (QED) is 0.315. The van der Waals surface area contributed by atoms with Crippen LogP contribution in [0.25, 0.3) is 22.1 Å². The van der Waals surface area contributed by atoms with Gasteiger partial charge in [0.2, 0.25) is 0 Å². The highest BCUT2D eigenvalue weighted by Crippen LogP contribution is 2.23. The van der Waals surface area contributed by atoms with Gasteiger partial charge < -0.3 is 9.72 Å². The molecule has 0 radical (unpaired) electrons. The lowest BCUT2D eigenvalue weighted by Gasteiger charge is -2.01. The Bertz CT molecular complexity index is 1180. The van der Waals surface area contributed by atoms with Gasteiger partial charge in [-0.1, -0.05) is 23.8 Å². The number of H-pyrrole nitrogens is 1. The number of hydrogen-bond acceptors (Lipinski definition) is 7.